The van der Waals surface area contributed by atoms with Crippen molar-refractivity contribution in [1.82, 2.24) is 0 Å². The van der Waals surface area contributed by atoms with Gasteiger partial charge in [-0.1, -0.05) is 41.7 Å². The molecule has 0 aliphatic rings. The summed E-state index contributed by atoms with van der Waals surface area (Å²) in [5, 5.41) is 0. The van der Waals surface area contributed by atoms with Gasteiger partial charge in [-0.2, -0.15) is 0 Å². The maximum atomic E-state index is 11.6. The lowest BCUT2D eigenvalue weighted by Crippen LogP contribution is -1.81. The maximum absolute atomic E-state index is 11.6. The molecule has 1 aromatic rings. The monoisotopic (exact) mass is 226 g/mol. The Labute approximate surface area is 88.3 Å². The lowest BCUT2D eigenvalue weighted by Gasteiger charge is -2.07. The van der Waals surface area contributed by atoms with E-state index >= 15 is 0 Å². The Morgan fingerprint density at radius 1 is 1.50 bits per heavy atom. The zero-order valence-corrected chi connectivity index (χ0v) is 9.55. The number of hydrogen-bond donors (Lipinski definition) is 0. The highest BCUT2D eigenvalue weighted by Gasteiger charge is 2.18. The smallest absolute Gasteiger partial charge is 0.316 e. The topological polar surface area (TPSA) is 26.3 Å². The molecule has 0 aromatic heterocycles. The summed E-state index contributed by atoms with van der Waals surface area (Å²) in [6.07, 6.45) is 5.12. The van der Waals surface area contributed by atoms with E-state index < -0.39 is 6.57 Å². The minimum Gasteiger partial charge on any atom is -0.316 e. The lowest BCUT2D eigenvalue weighted by molar-refractivity contribution is 0.419. The summed E-state index contributed by atoms with van der Waals surface area (Å²) in [6.45, 7) is -2.90. The molecule has 0 saturated carbocycles. The van der Waals surface area contributed by atoms with E-state index in [1.54, 1.807) is 0 Å². The first-order valence-corrected chi connectivity index (χ1v) is 7.24. The van der Waals surface area contributed by atoms with Crippen molar-refractivity contribution in [2.24, 2.45) is 0 Å². The van der Waals surface area contributed by atoms with E-state index in [-0.39, 0.29) is 0 Å². The van der Waals surface area contributed by atoms with Gasteiger partial charge >= 0.3 is 6.57 Å². The molecule has 1 unspecified atom stereocenters. The molecule has 1 atom stereocenters. The Hall–Kier alpha value is -0.680. The number of terminal acetylenes is 1. The molecule has 0 aliphatic heterocycles. The van der Waals surface area contributed by atoms with Crippen molar-refractivity contribution >= 4 is 18.0 Å². The second kappa shape index (κ2) is 5.26. The molecule has 0 bridgehead atoms. The summed E-state index contributed by atoms with van der Waals surface area (Å²) in [5.41, 5.74) is 3.28. The fourth-order valence-corrected chi connectivity index (χ4v) is 3.17. The van der Waals surface area contributed by atoms with Gasteiger partial charge in [0.05, 0.1) is 0 Å². The van der Waals surface area contributed by atoms with E-state index in [2.05, 4.69) is 5.66 Å². The van der Waals surface area contributed by atoms with E-state index in [9.17, 15) is 4.57 Å². The van der Waals surface area contributed by atoms with E-state index in [1.165, 1.54) is 18.5 Å². The number of hydrogen-bond acceptors (Lipinski definition) is 3. The molecular weight excluding hydrogens is 215 g/mol. The highest BCUT2D eigenvalue weighted by atomic mass is 32.7. The highest BCUT2D eigenvalue weighted by molar-refractivity contribution is 8.57. The first-order valence-electron chi connectivity index (χ1n) is 4.02. The Bertz CT molecular complexity index is 369. The standard InChI is InChI=1S/C10H11O2PS/c1-3-13(11,12-2)14-9-10-7-5-4-6-8-10/h1,4-8H,9H2,2H3. The van der Waals surface area contributed by atoms with Crippen LogP contribution in [-0.2, 0) is 14.8 Å². The van der Waals surface area contributed by atoms with Gasteiger partial charge in [0.15, 0.2) is 0 Å². The second-order valence-electron chi connectivity index (χ2n) is 2.57. The molecule has 14 heavy (non-hydrogen) atoms. The molecule has 0 spiro atoms. The average Bonchev–Trinajstić information content (AvgIpc) is 2.27. The third-order valence-corrected chi connectivity index (χ3v) is 5.41. The molecule has 2 nitrogen and oxygen atoms in total. The van der Waals surface area contributed by atoms with Gasteiger partial charge < -0.3 is 4.52 Å². The summed E-state index contributed by atoms with van der Waals surface area (Å²) >= 11 is 1.17. The molecule has 1 rings (SSSR count). The molecule has 0 radical (unpaired) electrons. The van der Waals surface area contributed by atoms with Crippen LogP contribution in [0.4, 0.5) is 0 Å². The molecule has 0 aliphatic carbocycles. The molecule has 0 fully saturated rings. The van der Waals surface area contributed by atoms with Gasteiger partial charge in [0, 0.05) is 12.9 Å². The van der Waals surface area contributed by atoms with Gasteiger partial charge in [-0.3, -0.25) is 4.57 Å². The van der Waals surface area contributed by atoms with Crippen molar-refractivity contribution in [2.45, 2.75) is 5.75 Å². The summed E-state index contributed by atoms with van der Waals surface area (Å²) in [4.78, 5) is 0. The van der Waals surface area contributed by atoms with Crippen molar-refractivity contribution < 1.29 is 9.09 Å². The third kappa shape index (κ3) is 3.23. The normalized spacial score (nSPS) is 14.3. The predicted molar refractivity (Wildman–Crippen MR) is 61.2 cm³/mol. The van der Waals surface area contributed by atoms with Crippen LogP contribution in [-0.4, -0.2) is 7.11 Å². The van der Waals surface area contributed by atoms with Crippen LogP contribution >= 0.6 is 18.0 Å². The second-order valence-corrected chi connectivity index (χ2v) is 6.95. The van der Waals surface area contributed by atoms with Crippen molar-refractivity contribution in [3.63, 3.8) is 0 Å². The molecule has 0 amide bonds. The van der Waals surface area contributed by atoms with Crippen molar-refractivity contribution in [3.8, 4) is 12.1 Å². The van der Waals surface area contributed by atoms with E-state index in [4.69, 9.17) is 10.9 Å². The minimum absolute atomic E-state index is 0.607. The molecule has 4 heteroatoms. The first kappa shape index (κ1) is 11.4. The van der Waals surface area contributed by atoms with Crippen molar-refractivity contribution in [2.75, 3.05) is 7.11 Å². The Kier molecular flexibility index (Phi) is 4.28. The fourth-order valence-electron chi connectivity index (χ4n) is 0.876. The minimum atomic E-state index is -2.90. The average molecular weight is 226 g/mol. The van der Waals surface area contributed by atoms with Crippen LogP contribution in [0.2, 0.25) is 0 Å². The third-order valence-electron chi connectivity index (χ3n) is 1.64. The van der Waals surface area contributed by atoms with E-state index in [0.29, 0.717) is 5.75 Å². The van der Waals surface area contributed by atoms with Crippen LogP contribution in [0.1, 0.15) is 5.56 Å². The molecule has 0 N–H and O–H groups in total. The molecule has 0 heterocycles. The summed E-state index contributed by atoms with van der Waals surface area (Å²) in [7, 11) is 1.37. The summed E-state index contributed by atoms with van der Waals surface area (Å²) < 4.78 is 16.4. The van der Waals surface area contributed by atoms with Crippen LogP contribution in [0.25, 0.3) is 0 Å². The predicted octanol–water partition coefficient (Wildman–Crippen LogP) is 3.35. The Morgan fingerprint density at radius 2 is 2.14 bits per heavy atom. The van der Waals surface area contributed by atoms with Crippen LogP contribution in [0.15, 0.2) is 30.3 Å². The molecule has 1 aromatic carbocycles. The SMILES string of the molecule is C#CP(=O)(OC)SCc1ccccc1. The lowest BCUT2D eigenvalue weighted by atomic mass is 10.2. The van der Waals surface area contributed by atoms with Gasteiger partial charge in [0.25, 0.3) is 0 Å². The van der Waals surface area contributed by atoms with Crippen LogP contribution in [0.5, 0.6) is 0 Å². The number of rotatable bonds is 4. The number of benzene rings is 1. The fraction of sp³-hybridized carbons (Fsp3) is 0.200. The quantitative estimate of drug-likeness (QED) is 0.581. The van der Waals surface area contributed by atoms with Crippen LogP contribution in [0.3, 0.4) is 0 Å². The Balaban J connectivity index is 2.58. The van der Waals surface area contributed by atoms with Gasteiger partial charge in [0.1, 0.15) is 0 Å². The first-order chi connectivity index (χ1) is 6.70. The zero-order chi connectivity index (χ0) is 10.4. The summed E-state index contributed by atoms with van der Waals surface area (Å²) in [6, 6.07) is 9.73. The largest absolute Gasteiger partial charge is 0.329 e. The zero-order valence-electron chi connectivity index (χ0n) is 7.84. The van der Waals surface area contributed by atoms with Crippen molar-refractivity contribution in [3.05, 3.63) is 35.9 Å². The molecule has 0 saturated heterocycles. The van der Waals surface area contributed by atoms with Gasteiger partial charge in [-0.25, -0.2) is 0 Å². The van der Waals surface area contributed by atoms with Crippen LogP contribution in [0, 0.1) is 12.1 Å². The van der Waals surface area contributed by atoms with Gasteiger partial charge in [-0.05, 0) is 11.2 Å². The van der Waals surface area contributed by atoms with Crippen LogP contribution < -0.4 is 0 Å². The van der Waals surface area contributed by atoms with E-state index in [0.717, 1.165) is 5.56 Å². The van der Waals surface area contributed by atoms with E-state index in [1.807, 2.05) is 30.3 Å². The van der Waals surface area contributed by atoms with Crippen molar-refractivity contribution in [1.29, 1.82) is 0 Å². The Morgan fingerprint density at radius 3 is 2.64 bits per heavy atom. The van der Waals surface area contributed by atoms with Gasteiger partial charge in [-0.15, -0.1) is 6.42 Å². The van der Waals surface area contributed by atoms with Gasteiger partial charge in [0.2, 0.25) is 0 Å². The molecule has 74 valence electrons. The highest BCUT2D eigenvalue weighted by Crippen LogP contribution is 2.58. The molecular formula is C10H11O2PS. The maximum Gasteiger partial charge on any atom is 0.329 e. The summed E-state index contributed by atoms with van der Waals surface area (Å²) in [5.74, 6) is 0.607.